The van der Waals surface area contributed by atoms with Crippen LogP contribution in [0, 0.1) is 0 Å². The van der Waals surface area contributed by atoms with E-state index in [4.69, 9.17) is 0 Å². The van der Waals surface area contributed by atoms with Crippen LogP contribution in [0.1, 0.15) is 47.0 Å². The van der Waals surface area contributed by atoms with Gasteiger partial charge in [0.25, 0.3) is 0 Å². The van der Waals surface area contributed by atoms with Crippen molar-refractivity contribution in [2.75, 3.05) is 0 Å². The summed E-state index contributed by atoms with van der Waals surface area (Å²) in [6.07, 6.45) is 4.22. The summed E-state index contributed by atoms with van der Waals surface area (Å²) in [4.78, 5) is 4.19. The minimum atomic E-state index is -1.53. The van der Waals surface area contributed by atoms with Crippen molar-refractivity contribution in [2.24, 2.45) is 0 Å². The van der Waals surface area contributed by atoms with Gasteiger partial charge in [-0.05, 0) is 30.3 Å². The normalized spacial score (nSPS) is 22.4. The van der Waals surface area contributed by atoms with Gasteiger partial charge in [-0.25, -0.2) is 0 Å². The third-order valence-corrected chi connectivity index (χ3v) is 22.5. The standard InChI is InChI=1S/C19H38Si3/c1-14(2)22(15(3)4)18(20(5,6)7)16-12-11-13-17(16)19(22)21(8,9)10/h14-15H,11-13H2,1-10H3. The molecule has 0 atom stereocenters. The molecule has 0 nitrogen and oxygen atoms in total. The molecule has 0 aromatic carbocycles. The second kappa shape index (κ2) is 5.59. The van der Waals surface area contributed by atoms with E-state index in [0.29, 0.717) is 0 Å². The van der Waals surface area contributed by atoms with Crippen LogP contribution < -0.4 is 0 Å². The lowest BCUT2D eigenvalue weighted by Crippen LogP contribution is -2.56. The molecule has 0 unspecified atom stereocenters. The first kappa shape index (κ1) is 18.5. The van der Waals surface area contributed by atoms with E-state index in [2.05, 4.69) is 76.6 Å². The van der Waals surface area contributed by atoms with Crippen molar-refractivity contribution < 1.29 is 0 Å². The minimum Gasteiger partial charge on any atom is -0.0828 e. The Kier molecular flexibility index (Phi) is 4.69. The Bertz CT molecular complexity index is 474. The Morgan fingerprint density at radius 1 is 0.682 bits per heavy atom. The number of rotatable bonds is 4. The lowest BCUT2D eigenvalue weighted by molar-refractivity contribution is 0.900. The third kappa shape index (κ3) is 2.51. The SMILES string of the molecule is CC(C)[Si]1(C(C)C)C([Si](C)(C)C)=C2CCCC2=C1[Si](C)(C)C. The van der Waals surface area contributed by atoms with Gasteiger partial charge >= 0.3 is 0 Å². The van der Waals surface area contributed by atoms with Crippen LogP contribution >= 0.6 is 0 Å². The largest absolute Gasteiger partial charge is 0.106 e. The molecule has 0 radical (unpaired) electrons. The van der Waals surface area contributed by atoms with Crippen LogP contribution in [0.15, 0.2) is 20.8 Å². The Morgan fingerprint density at radius 3 is 1.23 bits per heavy atom. The predicted molar refractivity (Wildman–Crippen MR) is 111 cm³/mol. The van der Waals surface area contributed by atoms with Gasteiger partial charge in [0.1, 0.15) is 8.07 Å². The van der Waals surface area contributed by atoms with E-state index < -0.39 is 24.2 Å². The molecule has 22 heavy (non-hydrogen) atoms. The van der Waals surface area contributed by atoms with E-state index in [1.165, 1.54) is 19.3 Å². The highest BCUT2D eigenvalue weighted by Gasteiger charge is 2.58. The van der Waals surface area contributed by atoms with Crippen molar-refractivity contribution in [3.8, 4) is 0 Å². The molecular weight excluding hydrogens is 312 g/mol. The van der Waals surface area contributed by atoms with Gasteiger partial charge in [-0.15, -0.1) is 0 Å². The molecule has 1 aliphatic heterocycles. The molecular formula is C19H38Si3. The fourth-order valence-corrected chi connectivity index (χ4v) is 28.2. The fraction of sp³-hybridized carbons (Fsp3) is 0.789. The maximum atomic E-state index is 2.63. The van der Waals surface area contributed by atoms with Crippen molar-refractivity contribution >= 4 is 24.2 Å². The zero-order chi connectivity index (χ0) is 17.1. The molecule has 0 aromatic rings. The van der Waals surface area contributed by atoms with Crippen molar-refractivity contribution in [3.05, 3.63) is 20.8 Å². The Balaban J connectivity index is 2.88. The predicted octanol–water partition coefficient (Wildman–Crippen LogP) is 6.88. The van der Waals surface area contributed by atoms with Crippen LogP contribution in [0.25, 0.3) is 0 Å². The summed E-state index contributed by atoms with van der Waals surface area (Å²) < 4.78 is 0. The van der Waals surface area contributed by atoms with Crippen molar-refractivity contribution in [1.29, 1.82) is 0 Å². The van der Waals surface area contributed by atoms with Gasteiger partial charge in [-0.3, -0.25) is 0 Å². The van der Waals surface area contributed by atoms with Crippen LogP contribution in [-0.2, 0) is 0 Å². The first-order valence-corrected chi connectivity index (χ1v) is 18.5. The first-order chi connectivity index (χ1) is 9.86. The Hall–Kier alpha value is 0.131. The Labute approximate surface area is 142 Å². The monoisotopic (exact) mass is 350 g/mol. The summed E-state index contributed by atoms with van der Waals surface area (Å²) in [6, 6.07) is 0. The van der Waals surface area contributed by atoms with Crippen molar-refractivity contribution in [1.82, 2.24) is 0 Å². The van der Waals surface area contributed by atoms with Gasteiger partial charge in [0.2, 0.25) is 0 Å². The molecule has 2 rings (SSSR count). The third-order valence-electron chi connectivity index (χ3n) is 5.97. The summed E-state index contributed by atoms with van der Waals surface area (Å²) in [5.41, 5.74) is 5.54. The van der Waals surface area contributed by atoms with Gasteiger partial charge in [0, 0.05) is 0 Å². The lowest BCUT2D eigenvalue weighted by Gasteiger charge is -2.49. The van der Waals surface area contributed by atoms with Crippen molar-refractivity contribution in [2.45, 2.75) is 97.3 Å². The second-order valence-corrected chi connectivity index (χ2v) is 26.3. The number of hydrogen-bond acceptors (Lipinski definition) is 0. The van der Waals surface area contributed by atoms with Gasteiger partial charge < -0.3 is 0 Å². The van der Waals surface area contributed by atoms with Crippen molar-refractivity contribution in [3.63, 3.8) is 0 Å². The molecule has 1 saturated carbocycles. The van der Waals surface area contributed by atoms with Crippen LogP contribution in [0.3, 0.4) is 0 Å². The van der Waals surface area contributed by atoms with Gasteiger partial charge in [-0.1, -0.05) is 87.8 Å². The smallest absolute Gasteiger partial charge is 0.0828 e. The van der Waals surface area contributed by atoms with E-state index in [9.17, 15) is 0 Å². The van der Waals surface area contributed by atoms with Crippen LogP contribution in [-0.4, -0.2) is 24.2 Å². The zero-order valence-electron chi connectivity index (χ0n) is 16.8. The summed E-state index contributed by atoms with van der Waals surface area (Å²) in [6.45, 7) is 26.0. The number of allylic oxidation sites excluding steroid dienone is 2. The van der Waals surface area contributed by atoms with Crippen LogP contribution in [0.2, 0.25) is 50.4 Å². The molecule has 1 aliphatic carbocycles. The van der Waals surface area contributed by atoms with Crippen LogP contribution in [0.4, 0.5) is 0 Å². The quantitative estimate of drug-likeness (QED) is 0.485. The molecule has 2 aliphatic rings. The average molecular weight is 351 g/mol. The topological polar surface area (TPSA) is 0 Å². The van der Waals surface area contributed by atoms with E-state index in [1.807, 2.05) is 11.1 Å². The summed E-state index contributed by atoms with van der Waals surface area (Å²) in [5, 5.41) is 0. The van der Waals surface area contributed by atoms with Gasteiger partial charge in [-0.2, -0.15) is 0 Å². The highest BCUT2D eigenvalue weighted by molar-refractivity contribution is 7.19. The number of fused-ring (bicyclic) bond motifs is 1. The Morgan fingerprint density at radius 2 is 1.00 bits per heavy atom. The molecule has 126 valence electrons. The summed E-state index contributed by atoms with van der Waals surface area (Å²) in [7, 11) is -4.07. The van der Waals surface area contributed by atoms with Gasteiger partial charge in [0.05, 0.1) is 16.1 Å². The highest BCUT2D eigenvalue weighted by Crippen LogP contribution is 2.59. The minimum absolute atomic E-state index is 0.863. The van der Waals surface area contributed by atoms with E-state index in [1.54, 1.807) is 0 Å². The van der Waals surface area contributed by atoms with E-state index >= 15 is 0 Å². The maximum Gasteiger partial charge on any atom is 0.106 e. The summed E-state index contributed by atoms with van der Waals surface area (Å²) >= 11 is 0. The summed E-state index contributed by atoms with van der Waals surface area (Å²) in [5.74, 6) is 0. The highest BCUT2D eigenvalue weighted by atomic mass is 28.4. The average Bonchev–Trinajstić information content (AvgIpc) is 2.80. The van der Waals surface area contributed by atoms with E-state index in [0.717, 1.165) is 11.1 Å². The molecule has 0 bridgehead atoms. The molecule has 3 heteroatoms. The fourth-order valence-electron chi connectivity index (χ4n) is 5.89. The molecule has 0 amide bonds. The number of hydrogen-bond donors (Lipinski definition) is 0. The molecule has 0 spiro atoms. The maximum absolute atomic E-state index is 2.63. The molecule has 1 heterocycles. The van der Waals surface area contributed by atoms with Gasteiger partial charge in [0.15, 0.2) is 0 Å². The van der Waals surface area contributed by atoms with E-state index in [-0.39, 0.29) is 0 Å². The lowest BCUT2D eigenvalue weighted by atomic mass is 10.2. The molecule has 0 aromatic heterocycles. The molecule has 0 saturated heterocycles. The second-order valence-electron chi connectivity index (χ2n) is 10.2. The molecule has 0 N–H and O–H groups in total. The molecule has 1 fully saturated rings. The van der Waals surface area contributed by atoms with Crippen LogP contribution in [0.5, 0.6) is 0 Å². The zero-order valence-corrected chi connectivity index (χ0v) is 19.8. The first-order valence-electron chi connectivity index (χ1n) is 9.34.